The number of carbonyl (C=O) groups is 8. The quantitative estimate of drug-likeness (QED) is 0.0144. The first kappa shape index (κ1) is 119. The van der Waals surface area contributed by atoms with Crippen molar-refractivity contribution < 1.29 is 153 Å². The summed E-state index contributed by atoms with van der Waals surface area (Å²) in [6, 6.07) is -2.07. The third kappa shape index (κ3) is 82.6. The number of carbonyl (C=O) groups excluding carboxylic acids is 8. The predicted octanol–water partition coefficient (Wildman–Crippen LogP) is 13.2. The molecule has 0 saturated heterocycles. The van der Waals surface area contributed by atoms with E-state index in [0.717, 1.165) is 167 Å². The molecule has 4 N–H and O–H groups in total. The minimum absolute atomic E-state index is 0. The minimum atomic E-state index is -5.08. The van der Waals surface area contributed by atoms with Gasteiger partial charge >= 0.3 is 71.1 Å². The number of amides is 4. The Bertz CT molecular complexity index is 2250. The van der Waals surface area contributed by atoms with Crippen LogP contribution in [0.2, 0.25) is 0 Å². The number of ketones is 2. The number of phosphoric ester groups is 2. The van der Waals surface area contributed by atoms with Crippen LogP contribution in [0.1, 0.15) is 415 Å². The van der Waals surface area contributed by atoms with E-state index in [1.165, 1.54) is 116 Å². The van der Waals surface area contributed by atoms with Crippen LogP contribution in [0.4, 0.5) is 0 Å². The number of phosphoric acid groups is 2. The van der Waals surface area contributed by atoms with Gasteiger partial charge in [-0.1, -0.05) is 306 Å². The second-order valence-corrected chi connectivity index (χ2v) is 33.5. The number of hydrogen-bond donors (Lipinski definition) is 4. The predicted molar refractivity (Wildman–Crippen MR) is 444 cm³/mol. The maximum atomic E-state index is 13.2. The fourth-order valence-corrected chi connectivity index (χ4v) is 14.5. The van der Waals surface area contributed by atoms with Gasteiger partial charge in [0.1, 0.15) is 30.2 Å². The van der Waals surface area contributed by atoms with E-state index >= 15 is 0 Å². The molecule has 0 radical (unpaired) electrons. The Morgan fingerprint density at radius 3 is 0.833 bits per heavy atom. The topological polar surface area (TPSA) is 339 Å². The molecule has 28 heteroatoms. The van der Waals surface area contributed by atoms with E-state index < -0.39 is 109 Å². The summed E-state index contributed by atoms with van der Waals surface area (Å²) in [5.74, 6) is -3.88. The Kier molecular flexibility index (Phi) is 89.7. The van der Waals surface area contributed by atoms with Crippen molar-refractivity contribution in [3.8, 4) is 0 Å². The molecule has 4 unspecified atom stereocenters. The molecule has 0 fully saturated rings. The van der Waals surface area contributed by atoms with Crippen molar-refractivity contribution in [2.45, 2.75) is 439 Å². The van der Waals surface area contributed by atoms with E-state index in [1.807, 2.05) is 0 Å². The maximum Gasteiger partial charge on any atom is 1.00 e. The summed E-state index contributed by atoms with van der Waals surface area (Å²) < 4.78 is 70.3. The molecule has 0 aliphatic rings. The minimum Gasteiger partial charge on any atom is -0.756 e. The van der Waals surface area contributed by atoms with Gasteiger partial charge in [-0.2, -0.15) is 0 Å². The van der Waals surface area contributed by atoms with Crippen LogP contribution in [0.5, 0.6) is 0 Å². The van der Waals surface area contributed by atoms with E-state index in [-0.39, 0.29) is 142 Å². The van der Waals surface area contributed by atoms with Gasteiger partial charge in [0.25, 0.3) is 15.6 Å². The van der Waals surface area contributed by atoms with E-state index in [4.69, 9.17) is 37.0 Å². The van der Waals surface area contributed by atoms with Crippen molar-refractivity contribution in [1.29, 1.82) is 0 Å². The third-order valence-electron chi connectivity index (χ3n) is 19.7. The number of Topliss-reactive ketones (excluding diaryl/α,β-unsaturated/α-hetero) is 2. The normalized spacial score (nSPS) is 13.3. The molecule has 0 rings (SSSR count). The molecule has 4 amide bonds. The van der Waals surface area contributed by atoms with Crippen LogP contribution in [-0.4, -0.2) is 137 Å². The molecule has 660 valence electrons. The monoisotopic (exact) mass is 1680 g/mol. The Labute approximate surface area is 737 Å². The van der Waals surface area contributed by atoms with Crippen molar-refractivity contribution in [1.82, 2.24) is 21.3 Å². The summed E-state index contributed by atoms with van der Waals surface area (Å²) in [6.45, 7) is 9.76. The van der Waals surface area contributed by atoms with Crippen molar-refractivity contribution in [2.24, 2.45) is 0 Å². The summed E-state index contributed by atoms with van der Waals surface area (Å²) in [6.07, 6.45) is 50.8. The summed E-state index contributed by atoms with van der Waals surface area (Å²) in [5.41, 5.74) is 0. The van der Waals surface area contributed by atoms with Crippen molar-refractivity contribution in [2.75, 3.05) is 65.9 Å². The van der Waals surface area contributed by atoms with Gasteiger partial charge in [0.15, 0.2) is 0 Å². The van der Waals surface area contributed by atoms with Crippen molar-refractivity contribution in [3.63, 3.8) is 0 Å². The first-order chi connectivity index (χ1) is 53.7. The molecule has 0 aromatic carbocycles. The number of rotatable bonds is 86. The van der Waals surface area contributed by atoms with E-state index in [9.17, 15) is 57.3 Å². The molecular weight excluding hydrogens is 1520 g/mol. The molecule has 114 heavy (non-hydrogen) atoms. The summed E-state index contributed by atoms with van der Waals surface area (Å²) in [5, 5.41) is 10.1. The first-order valence-corrected chi connectivity index (χ1v) is 47.5. The standard InChI is InChI=1S/C85H162N4O20P2.CH4.2Na/c1-7-13-19-25-29-33-37-43-47-53-76(90)67-82(94)88-74(70-102-63-59-78(55-49-41-23-17-11-5)108-84(96)57-51-45-39-35-31-27-21-15-9-3)72-106-110(98,99)104-65-61-86-80(92)69-81(93)87-62-66-105-111(100,101)107-73-75(89-83(95)68-77(91)54-48-44-38-34-30-26-20-14-8-2)71-103-64-60-79(56-50-42-24-18-12-6)109-85(97)58-52-46-40-36-32-28-22-16-10-4;;;/h74-75,78-79H,7-73H2,1-6H3,(H,86,92)(H,87,93)(H,88,94)(H,89,95)(H,98,99)(H,100,101);1H4;;/q;;2*+1/p-2/t74?,75?,78-,79-;;;/m1.../s1. The molecule has 0 aliphatic heterocycles. The molecular formula is C86H164N4Na2O20P2. The Balaban J connectivity index is -0.0000202. The van der Waals surface area contributed by atoms with Crippen LogP contribution < -0.4 is 90.2 Å². The van der Waals surface area contributed by atoms with Gasteiger partial charge in [-0.25, -0.2) is 0 Å². The van der Waals surface area contributed by atoms with E-state index in [2.05, 4.69) is 62.8 Å². The zero-order chi connectivity index (χ0) is 81.8. The molecule has 0 aromatic heterocycles. The second kappa shape index (κ2) is 86.2. The summed E-state index contributed by atoms with van der Waals surface area (Å²) in [4.78, 5) is 130. The van der Waals surface area contributed by atoms with Crippen LogP contribution in [0.25, 0.3) is 0 Å². The fraction of sp³-hybridized carbons (Fsp3) is 0.907. The van der Waals surface area contributed by atoms with Gasteiger partial charge in [-0.15, -0.1) is 0 Å². The largest absolute Gasteiger partial charge is 1.00 e. The fourth-order valence-electron chi connectivity index (χ4n) is 13.0. The molecule has 0 aliphatic carbocycles. The number of unbranched alkanes of at least 4 members (excludes halogenated alkanes) is 40. The van der Waals surface area contributed by atoms with Crippen LogP contribution in [0, 0.1) is 0 Å². The number of esters is 2. The third-order valence-corrected chi connectivity index (χ3v) is 21.7. The second-order valence-electron chi connectivity index (χ2n) is 30.7. The number of nitrogens with one attached hydrogen (secondary N) is 4. The summed E-state index contributed by atoms with van der Waals surface area (Å²) in [7, 11) is -10.2. The van der Waals surface area contributed by atoms with Crippen LogP contribution in [-0.2, 0) is 84.5 Å². The van der Waals surface area contributed by atoms with Crippen molar-refractivity contribution >= 4 is 62.8 Å². The Hall–Kier alpha value is -1.70. The van der Waals surface area contributed by atoms with Crippen LogP contribution in [0.3, 0.4) is 0 Å². The van der Waals surface area contributed by atoms with Gasteiger partial charge < -0.3 is 68.1 Å². The van der Waals surface area contributed by atoms with E-state index in [0.29, 0.717) is 51.4 Å². The van der Waals surface area contributed by atoms with Crippen molar-refractivity contribution in [3.05, 3.63) is 0 Å². The summed E-state index contributed by atoms with van der Waals surface area (Å²) >= 11 is 0. The van der Waals surface area contributed by atoms with Gasteiger partial charge in [0, 0.05) is 51.6 Å². The molecule has 0 saturated carbocycles. The Morgan fingerprint density at radius 1 is 0.298 bits per heavy atom. The average molecular weight is 1680 g/mol. The molecule has 0 spiro atoms. The Morgan fingerprint density at radius 2 is 0.553 bits per heavy atom. The number of hydrogen-bond acceptors (Lipinski definition) is 20. The molecule has 0 heterocycles. The first-order valence-electron chi connectivity index (χ1n) is 44.6. The van der Waals surface area contributed by atoms with Gasteiger partial charge in [-0.05, 0) is 51.4 Å². The van der Waals surface area contributed by atoms with Crippen LogP contribution in [0.15, 0.2) is 0 Å². The van der Waals surface area contributed by atoms with Gasteiger partial charge in [-0.3, -0.25) is 47.5 Å². The maximum absolute atomic E-state index is 13.2. The van der Waals surface area contributed by atoms with Gasteiger partial charge in [0.05, 0.1) is 77.8 Å². The molecule has 0 bridgehead atoms. The smallest absolute Gasteiger partial charge is 0.756 e. The number of ether oxygens (including phenoxy) is 4. The molecule has 24 nitrogen and oxygen atoms in total. The average Bonchev–Trinajstić information content (AvgIpc) is 0.896. The van der Waals surface area contributed by atoms with E-state index in [1.54, 1.807) is 0 Å². The zero-order valence-corrected chi connectivity index (χ0v) is 78.5. The molecule has 6 atom stereocenters. The van der Waals surface area contributed by atoms with Gasteiger partial charge in [0.2, 0.25) is 23.6 Å². The SMILES string of the molecule is C.CCCCCCCCCCCC(=O)CC(=O)NC(COCC[C@@H](CCCCCCC)OC(=O)CCCCCCCCCCC)COP(=O)([O-])OCCNC(=O)CC(=O)NCCOP(=O)([O-])OCC(COCC[C@@H](CCCCCCC)OC(=O)CCCCCCCCCCC)NC(=O)CC(=O)CCCCCCCCCCC.[Na+].[Na+]. The zero-order valence-electron chi connectivity index (χ0n) is 72.7. The van der Waals surface area contributed by atoms with Crippen LogP contribution >= 0.6 is 15.6 Å². The molecule has 0 aromatic rings.